The molecule has 30 fully saturated rings. The average molecular weight is 1550 g/mol. The molecule has 24 N–H and O–H groups in total. The van der Waals surface area contributed by atoms with E-state index in [1.165, 1.54) is 0 Å². The zero-order valence-corrected chi connectivity index (χ0v) is 51.1. The van der Waals surface area contributed by atoms with Gasteiger partial charge in [0.15, 0.2) is 50.3 Å². The van der Waals surface area contributed by atoms with Crippen molar-refractivity contribution in [2.24, 2.45) is 0 Å². The minimum Gasteiger partial charge on any atom is -0.394 e. The van der Waals surface area contributed by atoms with E-state index in [0.717, 1.165) is 0 Å². The lowest BCUT2D eigenvalue weighted by Gasteiger charge is -2.50. The molecule has 0 aromatic rings. The van der Waals surface area contributed by atoms with Gasteiger partial charge < -0.3 is 198 Å². The number of aliphatic hydroxyl groups excluding tert-OH is 24. The van der Waals surface area contributed by atoms with Crippen LogP contribution in [0.1, 0.15) is 0 Å². The van der Waals surface area contributed by atoms with Crippen LogP contribution in [-0.4, -0.2) is 421 Å². The van der Waals surface area contributed by atoms with E-state index < -0.39 is 299 Å². The summed E-state index contributed by atoms with van der Waals surface area (Å²) in [5, 5.41) is 265. The summed E-state index contributed by atoms with van der Waals surface area (Å²) < 4.78 is 91.1. The summed E-state index contributed by atoms with van der Waals surface area (Å²) in [6.07, 6.45) is -82.0. The van der Waals surface area contributed by atoms with Crippen LogP contribution in [0.5, 0.6) is 0 Å². The highest BCUT2D eigenvalue weighted by atomic mass is 128. The van der Waals surface area contributed by atoms with Gasteiger partial charge >= 0.3 is 0 Å². The first-order chi connectivity index (χ1) is 42.9. The molecule has 0 saturated carbocycles. The summed E-state index contributed by atoms with van der Waals surface area (Å²) in [7, 11) is 0. The minimum atomic E-state index is -2.25. The van der Waals surface area contributed by atoms with Crippen LogP contribution >= 0.6 is 37.2 Å². The van der Waals surface area contributed by atoms with Crippen molar-refractivity contribution in [2.75, 3.05) is 52.9 Å². The molecule has 40 nitrogen and oxygen atoms in total. The third-order valence-electron chi connectivity index (χ3n) is 16.9. The zero-order valence-electron chi connectivity index (χ0n) is 46.8. The van der Waals surface area contributed by atoms with Crippen molar-refractivity contribution >= 4 is 37.2 Å². The van der Waals surface area contributed by atoms with E-state index in [-0.39, 0.29) is 0 Å². The van der Waals surface area contributed by atoms with Crippen molar-refractivity contribution < 1.29 is 198 Å². The third kappa shape index (κ3) is 15.3. The highest BCUT2D eigenvalue weighted by Crippen LogP contribution is 2.40. The van der Waals surface area contributed by atoms with E-state index in [4.69, 9.17) is 75.8 Å². The fourth-order valence-electron chi connectivity index (χ4n) is 11.9. The van der Waals surface area contributed by atoms with Gasteiger partial charge in [-0.2, -0.15) is 0 Å². The van der Waals surface area contributed by atoms with E-state index >= 15 is 0 Å². The van der Waals surface area contributed by atoms with E-state index in [9.17, 15) is 123 Å². The van der Waals surface area contributed by atoms with Gasteiger partial charge in [-0.3, -0.25) is 0 Å². The maximum absolute atomic E-state index is 11.4. The molecular formula is C48H80I2O40. The largest absolute Gasteiger partial charge is 0.394 e. The molecule has 42 heteroatoms. The molecule has 40 atom stereocenters. The molecule has 0 amide bonds. The highest BCUT2D eigenvalue weighted by molar-refractivity contribution is 15.0. The molecule has 0 aromatic heterocycles. The van der Waals surface area contributed by atoms with Crippen molar-refractivity contribution in [1.29, 1.82) is 0 Å². The van der Waals surface area contributed by atoms with E-state index in [2.05, 4.69) is 37.2 Å². The summed E-state index contributed by atoms with van der Waals surface area (Å²) in [5.41, 5.74) is 0. The molecular weight excluding hydrogens is 1470 g/mol. The fraction of sp³-hybridized carbons (Fsp3) is 1.00. The molecule has 0 radical (unpaired) electrons. The van der Waals surface area contributed by atoms with Crippen LogP contribution in [0.4, 0.5) is 0 Å². The predicted octanol–water partition coefficient (Wildman–Crippen LogP) is -15.6. The van der Waals surface area contributed by atoms with Crippen LogP contribution in [0.15, 0.2) is 0 Å². The number of halogens is 2. The van der Waals surface area contributed by atoms with Gasteiger partial charge in [0, 0.05) is 37.2 Å². The summed E-state index contributed by atoms with van der Waals surface area (Å²) in [5.74, 6) is 0. The molecule has 30 saturated heterocycles. The summed E-state index contributed by atoms with van der Waals surface area (Å²) in [6.45, 7) is -8.64. The Balaban J connectivity index is 0.00000517. The molecule has 30 aliphatic heterocycles. The molecule has 0 spiro atoms. The summed E-state index contributed by atoms with van der Waals surface area (Å²) in [6, 6.07) is 0. The lowest BCUT2D eigenvalue weighted by atomic mass is 9.94. The first kappa shape index (κ1) is 75.6. The van der Waals surface area contributed by atoms with Crippen LogP contribution in [0.2, 0.25) is 0 Å². The van der Waals surface area contributed by atoms with Crippen molar-refractivity contribution in [2.45, 2.75) is 246 Å². The Bertz CT molecular complexity index is 1720. The third-order valence-corrected chi connectivity index (χ3v) is 16.9. The lowest BCUT2D eigenvalue weighted by molar-refractivity contribution is -0.404. The van der Waals surface area contributed by atoms with Crippen LogP contribution in [-0.2, 0) is 75.8 Å². The van der Waals surface area contributed by atoms with Crippen LogP contribution in [0.3, 0.4) is 0 Å². The van der Waals surface area contributed by atoms with Gasteiger partial charge in [-0.15, -0.1) is 0 Å². The van der Waals surface area contributed by atoms with Crippen molar-refractivity contribution in [3.63, 3.8) is 0 Å². The van der Waals surface area contributed by atoms with E-state index in [1.807, 2.05) is 0 Å². The summed E-state index contributed by atoms with van der Waals surface area (Å²) >= 11 is 4.24. The smallest absolute Gasteiger partial charge is 0.187 e. The molecule has 90 heavy (non-hydrogen) atoms. The Morgan fingerprint density at radius 3 is 0.322 bits per heavy atom. The van der Waals surface area contributed by atoms with Crippen LogP contribution < -0.4 is 0 Å². The molecule has 0 unspecified atom stereocenters. The van der Waals surface area contributed by atoms with Gasteiger partial charge in [0.25, 0.3) is 0 Å². The fourth-order valence-corrected chi connectivity index (χ4v) is 11.9. The molecule has 16 bridgehead atoms. The number of hydrogen-bond donors (Lipinski definition) is 24. The van der Waals surface area contributed by atoms with Gasteiger partial charge in [0.05, 0.1) is 52.9 Å². The van der Waals surface area contributed by atoms with Crippen LogP contribution in [0, 0.1) is 0 Å². The van der Waals surface area contributed by atoms with Gasteiger partial charge in [0.2, 0.25) is 0 Å². The van der Waals surface area contributed by atoms with Gasteiger partial charge in [-0.1, -0.05) is 0 Å². The predicted molar refractivity (Wildman–Crippen MR) is 289 cm³/mol. The monoisotopic (exact) mass is 1550 g/mol. The van der Waals surface area contributed by atoms with Crippen LogP contribution in [0.25, 0.3) is 0 Å². The Morgan fingerprint density at radius 2 is 0.244 bits per heavy atom. The SMILES string of the molecule is II.OC[C@H]1O[C@@H]2O[C@H]3[C@H](O)[C@@H](O)[C@@H](O[C@H]4[C@H](O)[C@@H](O)[C@@H](O[C@H]5[C@H](O)[C@@H](O)[C@@H](O[C@H]6[C@H](O)[C@@H](O)[C@@H](O[C@H]7[C@H](O)[C@@H](O)[C@@H](O[C@H]8[C@H](O)[C@@H](O)[C@@H](O[C@H]9[C@H](O)[C@@H](O)[C@@H](O[C@H]1[C@H](O)[C@H]2O)O[C@@H]9CO)O[C@@H]8CO)O[C@@H]7CO)O[C@@H]6CO)O[C@@H]5CO)O[C@@H]4CO)O[C@@H]3CO. The molecule has 0 aromatic carbocycles. The molecule has 0 aliphatic carbocycles. The molecule has 30 rings (SSSR count). The Kier molecular flexibility index (Phi) is 27.9. The number of aliphatic hydroxyl groups is 24. The van der Waals surface area contributed by atoms with E-state index in [0.29, 0.717) is 0 Å². The normalized spacial score (nSPS) is 54.2. The first-order valence-corrected chi connectivity index (χ1v) is 34.6. The Hall–Kier alpha value is -0.140. The van der Waals surface area contributed by atoms with Gasteiger partial charge in [-0.05, 0) is 0 Å². The number of ether oxygens (including phenoxy) is 16. The first-order valence-electron chi connectivity index (χ1n) is 28.3. The minimum absolute atomic E-state index is 1.08. The zero-order chi connectivity index (χ0) is 66.1. The second-order valence-electron chi connectivity index (χ2n) is 22.5. The van der Waals surface area contributed by atoms with Crippen molar-refractivity contribution in [3.05, 3.63) is 0 Å². The van der Waals surface area contributed by atoms with Crippen molar-refractivity contribution in [3.8, 4) is 0 Å². The second kappa shape index (κ2) is 33.1. The Morgan fingerprint density at radius 1 is 0.156 bits per heavy atom. The summed E-state index contributed by atoms with van der Waals surface area (Å²) in [4.78, 5) is 0. The number of rotatable bonds is 8. The quantitative estimate of drug-likeness (QED) is 0.100. The second-order valence-corrected chi connectivity index (χ2v) is 22.5. The highest BCUT2D eigenvalue weighted by Gasteiger charge is 2.60. The molecule has 526 valence electrons. The Labute approximate surface area is 531 Å². The van der Waals surface area contributed by atoms with Crippen molar-refractivity contribution in [1.82, 2.24) is 0 Å². The molecule has 30 aliphatic rings. The molecule has 30 heterocycles. The lowest BCUT2D eigenvalue weighted by Crippen LogP contribution is -2.69. The maximum Gasteiger partial charge on any atom is 0.187 e. The van der Waals surface area contributed by atoms with E-state index in [1.54, 1.807) is 0 Å². The van der Waals surface area contributed by atoms with Gasteiger partial charge in [-0.25, -0.2) is 0 Å². The maximum atomic E-state index is 11.4. The standard InChI is InChI=1S/C48H80O40.I2/c49-1-9-33-17(57)25(65)41(73-9)82-34-10(2-50)75-43(27(67)19(34)59)84-36-12(4-52)77-45(29(69)21(36)61)86-38-14(6-54)79-47(31(71)23(38)63)88-40-16(8-56)80-48(32(72)24(40)64)87-39-15(7-55)78-46(30(70)22(39)62)85-37-13(5-53)76-44(28(68)20(37)60)83-35-11(3-51)74-42(81-33)26(66)18(35)58;1-2/h9-72H,1-8H2;/t9-,10-,11-,12-,13-,14-,15-,16-,17-,18-,19-,20-,21-,22-,23-,24-,25-,26-,27-,28-,29-,30-,31-,32-,33-,34-,35-,36-,37-,38-,39-,40-,41-,42-,43-,44-,45-,46-,47-,48-;/m1./s1. The number of hydrogen-bond acceptors (Lipinski definition) is 40. The average Bonchev–Trinajstić information content (AvgIpc) is 0.830. The topological polar surface area (TPSA) is 633 Å². The van der Waals surface area contributed by atoms with Gasteiger partial charge in [0.1, 0.15) is 195 Å².